The number of anilines is 2. The molecule has 6 nitrogen and oxygen atoms in total. The van der Waals surface area contributed by atoms with Crippen LogP contribution in [0.5, 0.6) is 5.75 Å². The maximum absolute atomic E-state index is 13.6. The molecule has 2 aliphatic rings. The van der Waals surface area contributed by atoms with E-state index in [4.69, 9.17) is 32.8 Å². The van der Waals surface area contributed by atoms with Crippen molar-refractivity contribution in [1.29, 1.82) is 0 Å². The lowest BCUT2D eigenvalue weighted by molar-refractivity contribution is -0.126. The largest absolute Gasteiger partial charge is 0.496 e. The van der Waals surface area contributed by atoms with E-state index >= 15 is 0 Å². The molecule has 0 aromatic heterocycles. The van der Waals surface area contributed by atoms with Crippen molar-refractivity contribution in [2.45, 2.75) is 12.1 Å². The minimum absolute atomic E-state index is 0.259. The van der Waals surface area contributed by atoms with E-state index in [9.17, 15) is 9.59 Å². The summed E-state index contributed by atoms with van der Waals surface area (Å²) >= 11 is 12.2. The van der Waals surface area contributed by atoms with Gasteiger partial charge in [-0.25, -0.2) is 9.96 Å². The van der Waals surface area contributed by atoms with E-state index in [1.54, 1.807) is 24.3 Å². The van der Waals surface area contributed by atoms with E-state index in [1.807, 2.05) is 54.6 Å². The van der Waals surface area contributed by atoms with Crippen molar-refractivity contribution in [3.05, 3.63) is 88.4 Å². The third-order valence-corrected chi connectivity index (χ3v) is 6.48. The number of amides is 2. The first-order valence-electron chi connectivity index (χ1n) is 9.98. The van der Waals surface area contributed by atoms with Gasteiger partial charge in [-0.15, -0.1) is 0 Å². The van der Waals surface area contributed by atoms with E-state index in [2.05, 4.69) is 0 Å². The minimum atomic E-state index is -0.980. The van der Waals surface area contributed by atoms with Gasteiger partial charge in [0.05, 0.1) is 34.6 Å². The lowest BCUT2D eigenvalue weighted by Crippen LogP contribution is -2.37. The Morgan fingerprint density at radius 2 is 1.56 bits per heavy atom. The number of nitrogens with zero attached hydrogens (tertiary/aromatic N) is 2. The molecule has 0 radical (unpaired) electrons. The third kappa shape index (κ3) is 3.23. The number of benzene rings is 3. The van der Waals surface area contributed by atoms with Crippen LogP contribution < -0.4 is 14.7 Å². The highest BCUT2D eigenvalue weighted by Crippen LogP contribution is 2.49. The number of rotatable bonds is 4. The summed E-state index contributed by atoms with van der Waals surface area (Å²) in [5, 5.41) is 2.23. The number of methoxy groups -OCH3 is 1. The van der Waals surface area contributed by atoms with Gasteiger partial charge < -0.3 is 4.74 Å². The summed E-state index contributed by atoms with van der Waals surface area (Å²) in [7, 11) is 1.57. The summed E-state index contributed by atoms with van der Waals surface area (Å²) in [5.74, 6) is -0.978. The molecule has 32 heavy (non-hydrogen) atoms. The van der Waals surface area contributed by atoms with Crippen LogP contribution in [0.1, 0.15) is 11.6 Å². The van der Waals surface area contributed by atoms with Crippen LogP contribution in [-0.4, -0.2) is 25.0 Å². The standard InChI is InChI=1S/C24H18Cl2N2O4/c1-31-19-10-6-5-9-16(19)21-20-22(32-28(21)14-7-3-2-4-8-14)24(30)27(23(20)29)15-11-12-17(25)18(26)13-15/h2-13,20-22H,1H3. The first-order chi connectivity index (χ1) is 15.5. The second-order valence-electron chi connectivity index (χ2n) is 7.51. The molecular formula is C24H18Cl2N2O4. The number of hydroxylamine groups is 1. The van der Waals surface area contributed by atoms with Gasteiger partial charge in [-0.3, -0.25) is 14.4 Å². The second-order valence-corrected chi connectivity index (χ2v) is 8.32. The van der Waals surface area contributed by atoms with Crippen molar-refractivity contribution in [1.82, 2.24) is 0 Å². The predicted molar refractivity (Wildman–Crippen MR) is 122 cm³/mol. The zero-order valence-electron chi connectivity index (χ0n) is 16.9. The normalized spacial score (nSPS) is 22.4. The molecule has 3 aromatic rings. The van der Waals surface area contributed by atoms with Crippen LogP contribution in [0.25, 0.3) is 0 Å². The summed E-state index contributed by atoms with van der Waals surface area (Å²) in [4.78, 5) is 34.2. The van der Waals surface area contributed by atoms with Crippen LogP contribution in [-0.2, 0) is 14.4 Å². The quantitative estimate of drug-likeness (QED) is 0.501. The van der Waals surface area contributed by atoms with Crippen molar-refractivity contribution in [2.75, 3.05) is 17.1 Å². The number of hydrogen-bond donors (Lipinski definition) is 0. The molecular weight excluding hydrogens is 451 g/mol. The van der Waals surface area contributed by atoms with Crippen molar-refractivity contribution < 1.29 is 19.2 Å². The molecule has 162 valence electrons. The van der Waals surface area contributed by atoms with Gasteiger partial charge in [-0.2, -0.15) is 0 Å². The van der Waals surface area contributed by atoms with Crippen LogP contribution in [0.3, 0.4) is 0 Å². The number of halogens is 2. The smallest absolute Gasteiger partial charge is 0.266 e. The Morgan fingerprint density at radius 1 is 0.844 bits per heavy atom. The number of carbonyl (C=O) groups is 2. The first kappa shape index (κ1) is 20.8. The molecule has 3 unspecified atom stereocenters. The molecule has 2 aliphatic heterocycles. The van der Waals surface area contributed by atoms with Crippen molar-refractivity contribution in [3.63, 3.8) is 0 Å². The zero-order valence-corrected chi connectivity index (χ0v) is 18.5. The Morgan fingerprint density at radius 3 is 2.28 bits per heavy atom. The number of ether oxygens (including phenoxy) is 1. The lowest BCUT2D eigenvalue weighted by Gasteiger charge is -2.29. The van der Waals surface area contributed by atoms with Crippen LogP contribution in [0.15, 0.2) is 72.8 Å². The fourth-order valence-corrected chi connectivity index (χ4v) is 4.61. The topological polar surface area (TPSA) is 59.1 Å². The molecule has 5 rings (SSSR count). The predicted octanol–water partition coefficient (Wildman–Crippen LogP) is 5.05. The van der Waals surface area contributed by atoms with Gasteiger partial charge in [0.15, 0.2) is 6.10 Å². The van der Waals surface area contributed by atoms with Crippen LogP contribution in [0.4, 0.5) is 11.4 Å². The fourth-order valence-electron chi connectivity index (χ4n) is 4.32. The van der Waals surface area contributed by atoms with E-state index in [-0.39, 0.29) is 10.9 Å². The third-order valence-electron chi connectivity index (χ3n) is 5.75. The summed E-state index contributed by atoms with van der Waals surface area (Å²) in [6.07, 6.45) is -0.980. The summed E-state index contributed by atoms with van der Waals surface area (Å²) in [5.41, 5.74) is 1.85. The maximum Gasteiger partial charge on any atom is 0.266 e. The average Bonchev–Trinajstić information content (AvgIpc) is 3.32. The SMILES string of the molecule is COc1ccccc1C1C2C(=O)N(c3ccc(Cl)c(Cl)c3)C(=O)C2ON1c1ccccc1. The van der Waals surface area contributed by atoms with Crippen molar-refractivity contribution >= 4 is 46.4 Å². The number of carbonyl (C=O) groups excluding carboxylic acids is 2. The highest BCUT2D eigenvalue weighted by molar-refractivity contribution is 6.42. The Labute approximate surface area is 194 Å². The number of para-hydroxylation sites is 2. The van der Waals surface area contributed by atoms with Crippen molar-refractivity contribution in [2.24, 2.45) is 5.92 Å². The van der Waals surface area contributed by atoms with Gasteiger partial charge in [-0.1, -0.05) is 59.6 Å². The Balaban J connectivity index is 1.61. The zero-order chi connectivity index (χ0) is 22.4. The highest BCUT2D eigenvalue weighted by Gasteiger charge is 2.60. The summed E-state index contributed by atoms with van der Waals surface area (Å²) in [6.45, 7) is 0. The molecule has 2 heterocycles. The monoisotopic (exact) mass is 468 g/mol. The molecule has 3 aromatic carbocycles. The fraction of sp³-hybridized carbons (Fsp3) is 0.167. The van der Waals surface area contributed by atoms with E-state index < -0.39 is 24.0 Å². The summed E-state index contributed by atoms with van der Waals surface area (Å²) < 4.78 is 5.57. The van der Waals surface area contributed by atoms with Gasteiger partial charge in [0.1, 0.15) is 11.7 Å². The number of hydrogen-bond acceptors (Lipinski definition) is 5. The molecule has 0 saturated carbocycles. The highest BCUT2D eigenvalue weighted by atomic mass is 35.5. The molecule has 0 N–H and O–H groups in total. The van der Waals surface area contributed by atoms with Crippen molar-refractivity contribution in [3.8, 4) is 5.75 Å². The Kier molecular flexibility index (Phi) is 5.29. The van der Waals surface area contributed by atoms with Gasteiger partial charge >= 0.3 is 0 Å². The molecule has 2 saturated heterocycles. The molecule has 0 spiro atoms. The van der Waals surface area contributed by atoms with Crippen LogP contribution in [0.2, 0.25) is 10.0 Å². The second kappa shape index (κ2) is 8.13. The number of fused-ring (bicyclic) bond motifs is 1. The van der Waals surface area contributed by atoms with E-state index in [1.165, 1.54) is 6.07 Å². The number of imide groups is 1. The molecule has 3 atom stereocenters. The lowest BCUT2D eigenvalue weighted by atomic mass is 9.90. The molecule has 2 amide bonds. The van der Waals surface area contributed by atoms with Gasteiger partial charge in [0.25, 0.3) is 5.91 Å². The molecule has 2 fully saturated rings. The first-order valence-corrected chi connectivity index (χ1v) is 10.7. The van der Waals surface area contributed by atoms with E-state index in [0.717, 1.165) is 16.2 Å². The van der Waals surface area contributed by atoms with E-state index in [0.29, 0.717) is 16.5 Å². The van der Waals surface area contributed by atoms with Gasteiger partial charge in [0.2, 0.25) is 5.91 Å². The van der Waals surface area contributed by atoms with Crippen LogP contribution in [0, 0.1) is 5.92 Å². The minimum Gasteiger partial charge on any atom is -0.496 e. The Hall–Kier alpha value is -3.06. The molecule has 0 aliphatic carbocycles. The van der Waals surface area contributed by atoms with Crippen LogP contribution >= 0.6 is 23.2 Å². The Bertz CT molecular complexity index is 1200. The maximum atomic E-state index is 13.6. The summed E-state index contributed by atoms with van der Waals surface area (Å²) in [6, 6.07) is 20.9. The molecule has 0 bridgehead atoms. The van der Waals surface area contributed by atoms with Gasteiger partial charge in [-0.05, 0) is 36.4 Å². The van der Waals surface area contributed by atoms with Gasteiger partial charge in [0, 0.05) is 5.56 Å². The molecule has 8 heteroatoms. The average molecular weight is 469 g/mol.